The Morgan fingerprint density at radius 3 is 2.56 bits per heavy atom. The van der Waals surface area contributed by atoms with Crippen molar-refractivity contribution < 1.29 is 19.4 Å². The van der Waals surface area contributed by atoms with Crippen molar-refractivity contribution in [1.29, 1.82) is 0 Å². The molecule has 0 bridgehead atoms. The van der Waals surface area contributed by atoms with E-state index in [9.17, 15) is 14.7 Å². The first kappa shape index (κ1) is 27.6. The van der Waals surface area contributed by atoms with Gasteiger partial charge < -0.3 is 30.7 Å². The Morgan fingerprint density at radius 1 is 1.08 bits per heavy atom. The van der Waals surface area contributed by atoms with Crippen LogP contribution in [-0.4, -0.2) is 64.3 Å². The van der Waals surface area contributed by atoms with Crippen LogP contribution in [-0.2, 0) is 16.1 Å². The molecule has 39 heavy (non-hydrogen) atoms. The minimum atomic E-state index is -1.20. The summed E-state index contributed by atoms with van der Waals surface area (Å²) in [4.78, 5) is 39.8. The second-order valence-corrected chi connectivity index (χ2v) is 9.39. The number of anilines is 3. The molecule has 1 saturated heterocycles. The number of carbonyl (C=O) groups excluding carboxylic acids is 1. The lowest BCUT2D eigenvalue weighted by Gasteiger charge is -2.33. The van der Waals surface area contributed by atoms with Gasteiger partial charge in [0.25, 0.3) is 0 Å². The number of hydrogen-bond donors (Lipinski definition) is 4. The Hall–Kier alpha value is -4.41. The molecule has 1 aromatic carbocycles. The van der Waals surface area contributed by atoms with Gasteiger partial charge in [-0.05, 0) is 44.4 Å². The number of alkyl carbamates (subject to hydrolysis) is 1. The van der Waals surface area contributed by atoms with Gasteiger partial charge in [-0.25, -0.2) is 24.5 Å². The van der Waals surface area contributed by atoms with E-state index in [0.717, 1.165) is 60.9 Å². The average molecular weight is 534 g/mol. The number of aromatic nitrogens is 3. The summed E-state index contributed by atoms with van der Waals surface area (Å²) in [7, 11) is 0. The van der Waals surface area contributed by atoms with Gasteiger partial charge in [0.1, 0.15) is 36.4 Å². The summed E-state index contributed by atoms with van der Waals surface area (Å²) >= 11 is 0. The third-order valence-electron chi connectivity index (χ3n) is 6.68. The van der Waals surface area contributed by atoms with Crippen molar-refractivity contribution in [2.24, 2.45) is 0 Å². The van der Waals surface area contributed by atoms with Crippen molar-refractivity contribution in [3.8, 4) is 0 Å². The zero-order valence-electron chi connectivity index (χ0n) is 22.3. The van der Waals surface area contributed by atoms with Crippen LogP contribution < -0.4 is 20.9 Å². The van der Waals surface area contributed by atoms with Gasteiger partial charge in [0.2, 0.25) is 0 Å². The molecular formula is C28H35N7O4. The van der Waals surface area contributed by atoms with E-state index in [-0.39, 0.29) is 13.2 Å². The molecule has 4 N–H and O–H groups in total. The molecule has 3 aromatic rings. The molecule has 1 fully saturated rings. The number of rotatable bonds is 11. The summed E-state index contributed by atoms with van der Waals surface area (Å²) in [6, 6.07) is 14.1. The first-order valence-corrected chi connectivity index (χ1v) is 13.2. The molecule has 4 rings (SSSR count). The monoisotopic (exact) mass is 533 g/mol. The fourth-order valence-electron chi connectivity index (χ4n) is 4.59. The molecule has 0 aliphatic carbocycles. The molecule has 3 heterocycles. The molecule has 0 radical (unpaired) electrons. The topological polar surface area (TPSA) is 142 Å². The molecule has 0 spiro atoms. The summed E-state index contributed by atoms with van der Waals surface area (Å²) in [5, 5.41) is 18.4. The number of benzene rings is 1. The van der Waals surface area contributed by atoms with E-state index in [1.54, 1.807) is 0 Å². The summed E-state index contributed by atoms with van der Waals surface area (Å²) < 4.78 is 5.16. The van der Waals surface area contributed by atoms with Crippen LogP contribution in [0, 0.1) is 6.92 Å². The molecule has 11 nitrogen and oxygen atoms in total. The number of piperidine rings is 1. The number of aliphatic carboxylic acids is 1. The van der Waals surface area contributed by atoms with Crippen LogP contribution in [0.2, 0.25) is 0 Å². The molecule has 1 aliphatic heterocycles. The zero-order chi connectivity index (χ0) is 27.6. The van der Waals surface area contributed by atoms with Crippen LogP contribution in [0.4, 0.5) is 22.2 Å². The second kappa shape index (κ2) is 13.4. The van der Waals surface area contributed by atoms with Gasteiger partial charge in [-0.1, -0.05) is 36.4 Å². The molecule has 1 unspecified atom stereocenters. The maximum absolute atomic E-state index is 12.2. The highest BCUT2D eigenvalue weighted by molar-refractivity contribution is 5.80. The third kappa shape index (κ3) is 7.56. The van der Waals surface area contributed by atoms with E-state index >= 15 is 0 Å². The van der Waals surface area contributed by atoms with Gasteiger partial charge in [-0.15, -0.1) is 0 Å². The molecule has 1 amide bonds. The Kier molecular flexibility index (Phi) is 9.49. The maximum atomic E-state index is 12.2. The highest BCUT2D eigenvalue weighted by Crippen LogP contribution is 2.31. The minimum Gasteiger partial charge on any atom is -0.480 e. The number of ether oxygens (including phenoxy) is 1. The van der Waals surface area contributed by atoms with E-state index in [1.807, 2.05) is 49.4 Å². The van der Waals surface area contributed by atoms with Crippen LogP contribution in [0.5, 0.6) is 0 Å². The van der Waals surface area contributed by atoms with Crippen LogP contribution in [0.25, 0.3) is 0 Å². The lowest BCUT2D eigenvalue weighted by atomic mass is 9.93. The maximum Gasteiger partial charge on any atom is 0.408 e. The fraction of sp³-hybridized carbons (Fsp3) is 0.393. The molecule has 1 aliphatic rings. The van der Waals surface area contributed by atoms with Crippen LogP contribution in [0.15, 0.2) is 54.9 Å². The van der Waals surface area contributed by atoms with E-state index in [2.05, 4.69) is 43.8 Å². The van der Waals surface area contributed by atoms with Gasteiger partial charge in [0.05, 0.1) is 0 Å². The predicted molar refractivity (Wildman–Crippen MR) is 149 cm³/mol. The van der Waals surface area contributed by atoms with Gasteiger partial charge in [0.15, 0.2) is 0 Å². The number of carboxylic acids is 1. The highest BCUT2D eigenvalue weighted by Gasteiger charge is 2.25. The normalized spacial score (nSPS) is 14.4. The van der Waals surface area contributed by atoms with Crippen LogP contribution in [0.3, 0.4) is 0 Å². The van der Waals surface area contributed by atoms with Crippen molar-refractivity contribution in [2.45, 2.75) is 45.3 Å². The van der Waals surface area contributed by atoms with Crippen molar-refractivity contribution in [2.75, 3.05) is 41.7 Å². The van der Waals surface area contributed by atoms with E-state index in [1.165, 1.54) is 6.33 Å². The quantitative estimate of drug-likeness (QED) is 0.288. The number of carbonyl (C=O) groups is 2. The number of nitrogens with zero attached hydrogens (tertiary/aromatic N) is 4. The SMILES string of the molecule is CCNc1cccc(C2CCN(c3ncnc(NCC(NC(=O)OCc4ccccc4)C(=O)O)c3C)CC2)n1. The number of hydrogen-bond acceptors (Lipinski definition) is 9. The van der Waals surface area contributed by atoms with E-state index in [4.69, 9.17) is 9.72 Å². The minimum absolute atomic E-state index is 0.0502. The first-order valence-electron chi connectivity index (χ1n) is 13.2. The third-order valence-corrected chi connectivity index (χ3v) is 6.68. The Morgan fingerprint density at radius 2 is 1.85 bits per heavy atom. The molecule has 2 aromatic heterocycles. The van der Waals surface area contributed by atoms with Crippen molar-refractivity contribution >= 4 is 29.5 Å². The zero-order valence-corrected chi connectivity index (χ0v) is 22.3. The Balaban J connectivity index is 1.32. The first-order chi connectivity index (χ1) is 18.9. The Labute approximate surface area is 228 Å². The van der Waals surface area contributed by atoms with Crippen molar-refractivity contribution in [3.63, 3.8) is 0 Å². The highest BCUT2D eigenvalue weighted by atomic mass is 16.5. The van der Waals surface area contributed by atoms with Crippen LogP contribution in [0.1, 0.15) is 42.5 Å². The molecule has 1 atom stereocenters. The number of amides is 1. The van der Waals surface area contributed by atoms with Gasteiger partial charge in [-0.3, -0.25) is 0 Å². The van der Waals surface area contributed by atoms with Crippen molar-refractivity contribution in [1.82, 2.24) is 20.3 Å². The smallest absolute Gasteiger partial charge is 0.408 e. The van der Waals surface area contributed by atoms with Gasteiger partial charge in [0, 0.05) is 43.4 Å². The molecular weight excluding hydrogens is 498 g/mol. The van der Waals surface area contributed by atoms with E-state index < -0.39 is 18.1 Å². The number of nitrogens with one attached hydrogen (secondary N) is 3. The lowest BCUT2D eigenvalue weighted by molar-refractivity contribution is -0.139. The second-order valence-electron chi connectivity index (χ2n) is 9.39. The molecule has 206 valence electrons. The number of pyridine rings is 1. The summed E-state index contributed by atoms with van der Waals surface area (Å²) in [6.07, 6.45) is 2.56. The predicted octanol–water partition coefficient (Wildman–Crippen LogP) is 3.79. The van der Waals surface area contributed by atoms with Gasteiger partial charge in [-0.2, -0.15) is 0 Å². The lowest BCUT2D eigenvalue weighted by Crippen LogP contribution is -2.45. The Bertz CT molecular complexity index is 1250. The summed E-state index contributed by atoms with van der Waals surface area (Å²) in [5.41, 5.74) is 2.73. The van der Waals surface area contributed by atoms with Crippen LogP contribution >= 0.6 is 0 Å². The standard InChI is InChI=1S/C28H35N7O4/c1-3-29-24-11-7-10-22(33-24)21-12-14-35(15-13-21)26-19(2)25(31-18-32-26)30-16-23(27(36)37)34-28(38)39-17-20-8-5-4-6-9-20/h4-11,18,21,23H,3,12-17H2,1-2H3,(H,29,33)(H,34,38)(H,36,37)(H,30,31,32). The van der Waals surface area contributed by atoms with Gasteiger partial charge >= 0.3 is 12.1 Å². The van der Waals surface area contributed by atoms with E-state index in [0.29, 0.717) is 11.7 Å². The molecule has 0 saturated carbocycles. The average Bonchev–Trinajstić information content (AvgIpc) is 2.96. The largest absolute Gasteiger partial charge is 0.480 e. The summed E-state index contributed by atoms with van der Waals surface area (Å²) in [6.45, 7) is 6.42. The van der Waals surface area contributed by atoms with Crippen molar-refractivity contribution in [3.05, 3.63) is 71.7 Å². The fourth-order valence-corrected chi connectivity index (χ4v) is 4.59. The number of carboxylic acid groups (broad SMARTS) is 1. The molecule has 11 heteroatoms. The summed E-state index contributed by atoms with van der Waals surface area (Å²) in [5.74, 6) is 1.43.